The minimum Gasteiger partial charge on any atom is -0.493 e. The molecule has 26 heavy (non-hydrogen) atoms. The predicted molar refractivity (Wildman–Crippen MR) is 101 cm³/mol. The second kappa shape index (κ2) is 11.7. The number of rotatable bonds is 11. The molecule has 0 bridgehead atoms. The molecule has 7 heteroatoms. The van der Waals surface area contributed by atoms with E-state index in [1.807, 2.05) is 0 Å². The van der Waals surface area contributed by atoms with Crippen molar-refractivity contribution in [3.05, 3.63) is 29.3 Å². The number of hydrogen-bond acceptors (Lipinski definition) is 3. The zero-order valence-corrected chi connectivity index (χ0v) is 16.4. The fraction of sp³-hybridized carbons (Fsp3) is 0.684. The molecule has 1 rings (SSSR count). The van der Waals surface area contributed by atoms with Crippen molar-refractivity contribution in [1.82, 2.24) is 0 Å². The second-order valence-electron chi connectivity index (χ2n) is 6.90. The van der Waals surface area contributed by atoms with E-state index in [9.17, 15) is 13.2 Å². The summed E-state index contributed by atoms with van der Waals surface area (Å²) in [6.07, 6.45) is 1.36. The van der Waals surface area contributed by atoms with Crippen LogP contribution in [-0.2, 0) is 12.6 Å². The molecule has 0 spiro atoms. The number of aliphatic hydroxyl groups excluding tert-OH is 1. The molecule has 3 nitrogen and oxygen atoms in total. The summed E-state index contributed by atoms with van der Waals surface area (Å²) in [5.41, 5.74) is 4.82. The average Bonchev–Trinajstić information content (AvgIpc) is 2.56. The van der Waals surface area contributed by atoms with E-state index in [1.165, 1.54) is 6.07 Å². The van der Waals surface area contributed by atoms with Gasteiger partial charge in [-0.3, -0.25) is 0 Å². The number of aliphatic hydroxyl groups is 1. The highest BCUT2D eigenvalue weighted by Crippen LogP contribution is 2.37. The van der Waals surface area contributed by atoms with E-state index in [4.69, 9.17) is 15.6 Å². The van der Waals surface area contributed by atoms with Crippen molar-refractivity contribution >= 4 is 12.4 Å². The fourth-order valence-corrected chi connectivity index (χ4v) is 2.48. The van der Waals surface area contributed by atoms with Crippen LogP contribution in [-0.4, -0.2) is 23.9 Å². The normalized spacial score (nSPS) is 13.8. The molecule has 0 radical (unpaired) electrons. The molecule has 152 valence electrons. The van der Waals surface area contributed by atoms with Crippen LogP contribution in [0.25, 0.3) is 0 Å². The summed E-state index contributed by atoms with van der Waals surface area (Å²) in [5.74, 6) is -0.121. The number of hydrogen-bond donors (Lipinski definition) is 2. The molecule has 0 heterocycles. The molecule has 1 aromatic carbocycles. The molecule has 0 unspecified atom stereocenters. The summed E-state index contributed by atoms with van der Waals surface area (Å²) >= 11 is 0. The molecular weight excluding hydrogens is 367 g/mol. The first-order chi connectivity index (χ1) is 11.7. The number of unbranched alkanes of at least 4 members (excludes halogenated alkanes) is 4. The Bertz CT molecular complexity index is 522. The van der Waals surface area contributed by atoms with Crippen molar-refractivity contribution in [1.29, 1.82) is 0 Å². The van der Waals surface area contributed by atoms with E-state index in [0.29, 0.717) is 18.4 Å². The van der Waals surface area contributed by atoms with Crippen molar-refractivity contribution in [2.75, 3.05) is 13.2 Å². The molecule has 0 amide bonds. The molecular formula is C19H31ClF3NO2. The maximum atomic E-state index is 13.3. The first kappa shape index (κ1) is 25.0. The lowest BCUT2D eigenvalue weighted by Crippen LogP contribution is -2.40. The van der Waals surface area contributed by atoms with Crippen LogP contribution in [0, 0.1) is 0 Å². The van der Waals surface area contributed by atoms with E-state index >= 15 is 0 Å². The van der Waals surface area contributed by atoms with Gasteiger partial charge in [-0.15, -0.1) is 12.4 Å². The Kier molecular flexibility index (Phi) is 11.2. The van der Waals surface area contributed by atoms with Gasteiger partial charge < -0.3 is 15.6 Å². The monoisotopic (exact) mass is 397 g/mol. The lowest BCUT2D eigenvalue weighted by Gasteiger charge is -2.22. The third-order valence-electron chi connectivity index (χ3n) is 4.20. The van der Waals surface area contributed by atoms with Gasteiger partial charge in [-0.1, -0.05) is 38.7 Å². The summed E-state index contributed by atoms with van der Waals surface area (Å²) < 4.78 is 45.3. The van der Waals surface area contributed by atoms with E-state index in [-0.39, 0.29) is 31.4 Å². The van der Waals surface area contributed by atoms with Crippen LogP contribution in [0.2, 0.25) is 0 Å². The zero-order chi connectivity index (χ0) is 18.9. The molecule has 0 aliphatic carbocycles. The molecule has 0 aliphatic rings. The Labute approximate surface area is 160 Å². The number of alkyl halides is 3. The number of ether oxygens (including phenoxy) is 1. The van der Waals surface area contributed by atoms with Crippen molar-refractivity contribution in [2.24, 2.45) is 5.73 Å². The van der Waals surface area contributed by atoms with E-state index in [0.717, 1.165) is 38.2 Å². The topological polar surface area (TPSA) is 55.5 Å². The van der Waals surface area contributed by atoms with E-state index in [2.05, 4.69) is 6.92 Å². The maximum Gasteiger partial charge on any atom is 0.419 e. The minimum atomic E-state index is -4.46. The molecule has 0 aliphatic heterocycles. The van der Waals surface area contributed by atoms with Gasteiger partial charge in [0.2, 0.25) is 0 Å². The molecule has 0 fully saturated rings. The van der Waals surface area contributed by atoms with Crippen LogP contribution >= 0.6 is 12.4 Å². The van der Waals surface area contributed by atoms with Crippen molar-refractivity contribution in [3.8, 4) is 5.75 Å². The summed E-state index contributed by atoms with van der Waals surface area (Å²) in [4.78, 5) is 0. The van der Waals surface area contributed by atoms with E-state index in [1.54, 1.807) is 13.0 Å². The zero-order valence-electron chi connectivity index (χ0n) is 15.6. The van der Waals surface area contributed by atoms with E-state index < -0.39 is 17.3 Å². The van der Waals surface area contributed by atoms with Crippen molar-refractivity contribution < 1.29 is 23.0 Å². The van der Waals surface area contributed by atoms with Crippen molar-refractivity contribution in [3.63, 3.8) is 0 Å². The standard InChI is InChI=1S/C19H30F3NO2.ClH/c1-3-4-5-6-7-12-25-17-9-8-15(10-11-18(2,23)14-24)13-16(17)19(20,21)22;/h8-9,13,24H,3-7,10-12,14,23H2,1-2H3;1H/t18-;/m0./s1. The predicted octanol–water partition coefficient (Wildman–Crippen LogP) is 5.12. The minimum absolute atomic E-state index is 0. The maximum absolute atomic E-state index is 13.3. The third-order valence-corrected chi connectivity index (χ3v) is 4.20. The summed E-state index contributed by atoms with van der Waals surface area (Å²) in [6, 6.07) is 4.14. The first-order valence-corrected chi connectivity index (χ1v) is 8.92. The summed E-state index contributed by atoms with van der Waals surface area (Å²) in [6.45, 7) is 3.87. The molecule has 0 saturated heterocycles. The average molecular weight is 398 g/mol. The Morgan fingerprint density at radius 1 is 1.12 bits per heavy atom. The van der Waals surface area contributed by atoms with Gasteiger partial charge >= 0.3 is 6.18 Å². The Balaban J connectivity index is 0.00000625. The van der Waals surface area contributed by atoms with Gasteiger partial charge in [0.15, 0.2) is 0 Å². The molecule has 3 N–H and O–H groups in total. The number of nitrogens with two attached hydrogens (primary N) is 1. The highest BCUT2D eigenvalue weighted by Gasteiger charge is 2.34. The molecule has 1 aromatic rings. The van der Waals surface area contributed by atoms with Crippen LogP contribution in [0.15, 0.2) is 18.2 Å². The van der Waals surface area contributed by atoms with Crippen LogP contribution in [0.3, 0.4) is 0 Å². The Hall–Kier alpha value is -0.980. The van der Waals surface area contributed by atoms with Gasteiger partial charge in [0.1, 0.15) is 5.75 Å². The van der Waals surface area contributed by atoms with Crippen LogP contribution in [0.4, 0.5) is 13.2 Å². The van der Waals surface area contributed by atoms with Gasteiger partial charge in [0.05, 0.1) is 18.8 Å². The molecule has 0 aromatic heterocycles. The van der Waals surface area contributed by atoms with Crippen molar-refractivity contribution in [2.45, 2.75) is 70.5 Å². The lowest BCUT2D eigenvalue weighted by molar-refractivity contribution is -0.139. The lowest BCUT2D eigenvalue weighted by atomic mass is 9.94. The Morgan fingerprint density at radius 2 is 1.77 bits per heavy atom. The molecule has 0 saturated carbocycles. The number of aryl methyl sites for hydroxylation is 1. The van der Waals surface area contributed by atoms with Gasteiger partial charge in [-0.05, 0) is 43.9 Å². The number of benzene rings is 1. The highest BCUT2D eigenvalue weighted by atomic mass is 35.5. The Morgan fingerprint density at radius 3 is 2.35 bits per heavy atom. The van der Waals surface area contributed by atoms with Crippen LogP contribution < -0.4 is 10.5 Å². The van der Waals surface area contributed by atoms with Crippen LogP contribution in [0.5, 0.6) is 5.75 Å². The third kappa shape index (κ3) is 9.10. The van der Waals surface area contributed by atoms with Crippen LogP contribution in [0.1, 0.15) is 63.5 Å². The van der Waals surface area contributed by atoms with Gasteiger partial charge in [0, 0.05) is 5.54 Å². The SMILES string of the molecule is CCCCCCCOc1ccc(CC[C@](C)(N)CO)cc1C(F)(F)F.Cl. The fourth-order valence-electron chi connectivity index (χ4n) is 2.48. The summed E-state index contributed by atoms with van der Waals surface area (Å²) in [7, 11) is 0. The number of halogens is 4. The first-order valence-electron chi connectivity index (χ1n) is 8.92. The largest absolute Gasteiger partial charge is 0.493 e. The smallest absolute Gasteiger partial charge is 0.419 e. The van der Waals surface area contributed by atoms with Gasteiger partial charge in [-0.2, -0.15) is 13.2 Å². The second-order valence-corrected chi connectivity index (χ2v) is 6.90. The quantitative estimate of drug-likeness (QED) is 0.509. The highest BCUT2D eigenvalue weighted by molar-refractivity contribution is 5.85. The summed E-state index contributed by atoms with van der Waals surface area (Å²) in [5, 5.41) is 9.15. The van der Waals surface area contributed by atoms with Gasteiger partial charge in [-0.25, -0.2) is 0 Å². The van der Waals surface area contributed by atoms with Gasteiger partial charge in [0.25, 0.3) is 0 Å². The molecule has 1 atom stereocenters.